The summed E-state index contributed by atoms with van der Waals surface area (Å²) in [5, 5.41) is 0. The smallest absolute Gasteiger partial charge is 0.249 e. The fourth-order valence-corrected chi connectivity index (χ4v) is 2.45. The summed E-state index contributed by atoms with van der Waals surface area (Å²) in [7, 11) is 0. The van der Waals surface area contributed by atoms with E-state index in [1.165, 1.54) is 5.69 Å². The Labute approximate surface area is 115 Å². The van der Waals surface area contributed by atoms with Gasteiger partial charge in [-0.15, -0.1) is 0 Å². The van der Waals surface area contributed by atoms with Gasteiger partial charge >= 0.3 is 0 Å². The number of hydrogen-bond donors (Lipinski definition) is 0. The van der Waals surface area contributed by atoms with Gasteiger partial charge in [-0.3, -0.25) is 4.79 Å². The molecule has 19 heavy (non-hydrogen) atoms. The summed E-state index contributed by atoms with van der Waals surface area (Å²) < 4.78 is 0. The minimum atomic E-state index is 0.189. The molecule has 0 saturated carbocycles. The molecule has 1 aromatic carbocycles. The van der Waals surface area contributed by atoms with Gasteiger partial charge < -0.3 is 9.80 Å². The number of nitrogens with zero attached hydrogens (tertiary/aromatic N) is 2. The van der Waals surface area contributed by atoms with Gasteiger partial charge in [-0.2, -0.15) is 0 Å². The molecule has 1 aliphatic rings. The first kappa shape index (κ1) is 13.7. The molecule has 0 aromatic heterocycles. The highest BCUT2D eigenvalue weighted by molar-refractivity contribution is 5.93. The van der Waals surface area contributed by atoms with Gasteiger partial charge in [-0.1, -0.05) is 31.2 Å². The zero-order chi connectivity index (χ0) is 13.7. The van der Waals surface area contributed by atoms with Crippen LogP contribution in [0.15, 0.2) is 42.0 Å². The van der Waals surface area contributed by atoms with Crippen LogP contribution in [-0.2, 0) is 4.79 Å². The first-order chi connectivity index (χ1) is 9.22. The minimum absolute atomic E-state index is 0.189. The van der Waals surface area contributed by atoms with Crippen molar-refractivity contribution >= 4 is 11.6 Å². The predicted octanol–water partition coefficient (Wildman–Crippen LogP) is 2.69. The van der Waals surface area contributed by atoms with E-state index < -0.39 is 0 Å². The second-order valence-corrected chi connectivity index (χ2v) is 4.91. The van der Waals surface area contributed by atoms with E-state index in [1.54, 1.807) is 0 Å². The van der Waals surface area contributed by atoms with Crippen LogP contribution in [-0.4, -0.2) is 37.0 Å². The highest BCUT2D eigenvalue weighted by Gasteiger charge is 2.21. The lowest BCUT2D eigenvalue weighted by Crippen LogP contribution is -2.49. The maximum Gasteiger partial charge on any atom is 0.249 e. The summed E-state index contributed by atoms with van der Waals surface area (Å²) in [6, 6.07) is 10.4. The molecule has 1 aliphatic heterocycles. The van der Waals surface area contributed by atoms with E-state index in [4.69, 9.17) is 0 Å². The molecule has 0 N–H and O–H groups in total. The molecule has 0 radical (unpaired) electrons. The van der Waals surface area contributed by atoms with Gasteiger partial charge in [-0.25, -0.2) is 0 Å². The van der Waals surface area contributed by atoms with E-state index in [-0.39, 0.29) is 5.91 Å². The molecule has 102 valence electrons. The molecule has 1 aromatic rings. The zero-order valence-corrected chi connectivity index (χ0v) is 11.8. The first-order valence-corrected chi connectivity index (χ1v) is 6.98. The van der Waals surface area contributed by atoms with Crippen LogP contribution in [0.25, 0.3) is 0 Å². The Kier molecular flexibility index (Phi) is 4.61. The highest BCUT2D eigenvalue weighted by atomic mass is 16.2. The summed E-state index contributed by atoms with van der Waals surface area (Å²) in [6.45, 7) is 7.41. The lowest BCUT2D eigenvalue weighted by atomic mass is 10.2. The van der Waals surface area contributed by atoms with Crippen LogP contribution >= 0.6 is 0 Å². The normalized spacial score (nSPS) is 16.6. The maximum absolute atomic E-state index is 12.2. The number of para-hydroxylation sites is 1. The Morgan fingerprint density at radius 1 is 1.16 bits per heavy atom. The highest BCUT2D eigenvalue weighted by Crippen LogP contribution is 2.16. The van der Waals surface area contributed by atoms with Crippen molar-refractivity contribution < 1.29 is 4.79 Å². The number of benzene rings is 1. The van der Waals surface area contributed by atoms with Crippen molar-refractivity contribution in [1.29, 1.82) is 0 Å². The average molecular weight is 258 g/mol. The lowest BCUT2D eigenvalue weighted by Gasteiger charge is -2.36. The largest absolute Gasteiger partial charge is 0.368 e. The molecule has 3 heteroatoms. The number of carbonyl (C=O) groups is 1. The number of amides is 1. The molecule has 1 amide bonds. The van der Waals surface area contributed by atoms with Crippen molar-refractivity contribution in [3.8, 4) is 0 Å². The number of carbonyl (C=O) groups excluding carboxylic acids is 1. The van der Waals surface area contributed by atoms with Crippen molar-refractivity contribution in [3.05, 3.63) is 42.0 Å². The number of allylic oxidation sites excluding steroid dienone is 1. The molecular weight excluding hydrogens is 236 g/mol. The van der Waals surface area contributed by atoms with Crippen LogP contribution in [0.4, 0.5) is 5.69 Å². The van der Waals surface area contributed by atoms with Crippen LogP contribution in [0.1, 0.15) is 20.3 Å². The second-order valence-electron chi connectivity index (χ2n) is 4.91. The third kappa shape index (κ3) is 3.37. The number of piperazine rings is 1. The summed E-state index contributed by atoms with van der Waals surface area (Å²) in [4.78, 5) is 16.5. The van der Waals surface area contributed by atoms with Gasteiger partial charge in [0.25, 0.3) is 0 Å². The van der Waals surface area contributed by atoms with E-state index in [9.17, 15) is 4.79 Å². The molecular formula is C16H22N2O. The van der Waals surface area contributed by atoms with Gasteiger partial charge in [0, 0.05) is 37.4 Å². The van der Waals surface area contributed by atoms with Crippen molar-refractivity contribution in [3.63, 3.8) is 0 Å². The van der Waals surface area contributed by atoms with Crippen LogP contribution in [0.3, 0.4) is 0 Å². The Hall–Kier alpha value is -1.77. The molecule has 1 heterocycles. The van der Waals surface area contributed by atoms with E-state index in [1.807, 2.05) is 24.0 Å². The molecule has 3 nitrogen and oxygen atoms in total. The van der Waals surface area contributed by atoms with E-state index in [2.05, 4.69) is 36.1 Å². The summed E-state index contributed by atoms with van der Waals surface area (Å²) >= 11 is 0. The quantitative estimate of drug-likeness (QED) is 0.778. The van der Waals surface area contributed by atoms with Gasteiger partial charge in [0.05, 0.1) is 0 Å². The predicted molar refractivity (Wildman–Crippen MR) is 79.3 cm³/mol. The van der Waals surface area contributed by atoms with Gasteiger partial charge in [0.15, 0.2) is 0 Å². The molecule has 0 atom stereocenters. The number of rotatable bonds is 3. The molecule has 0 spiro atoms. The Bertz CT molecular complexity index is 445. The van der Waals surface area contributed by atoms with Gasteiger partial charge in [0.1, 0.15) is 0 Å². The lowest BCUT2D eigenvalue weighted by molar-refractivity contribution is -0.127. The Morgan fingerprint density at radius 2 is 1.79 bits per heavy atom. The monoisotopic (exact) mass is 258 g/mol. The second kappa shape index (κ2) is 6.41. The zero-order valence-electron chi connectivity index (χ0n) is 11.8. The van der Waals surface area contributed by atoms with Crippen molar-refractivity contribution in [1.82, 2.24) is 4.90 Å². The summed E-state index contributed by atoms with van der Waals surface area (Å²) in [6.07, 6.45) is 2.92. The molecule has 0 unspecified atom stereocenters. The third-order valence-corrected chi connectivity index (χ3v) is 3.54. The fraction of sp³-hybridized carbons (Fsp3) is 0.438. The third-order valence-electron chi connectivity index (χ3n) is 3.54. The molecule has 0 bridgehead atoms. The van der Waals surface area contributed by atoms with E-state index in [0.29, 0.717) is 0 Å². The van der Waals surface area contributed by atoms with Gasteiger partial charge in [0.2, 0.25) is 5.91 Å². The van der Waals surface area contributed by atoms with Crippen molar-refractivity contribution in [2.45, 2.75) is 20.3 Å². The number of hydrogen-bond acceptors (Lipinski definition) is 2. The van der Waals surface area contributed by atoms with Gasteiger partial charge in [-0.05, 0) is 25.5 Å². The van der Waals surface area contributed by atoms with Crippen LogP contribution in [0.2, 0.25) is 0 Å². The van der Waals surface area contributed by atoms with E-state index in [0.717, 1.165) is 38.2 Å². The van der Waals surface area contributed by atoms with Crippen LogP contribution in [0.5, 0.6) is 0 Å². The summed E-state index contributed by atoms with van der Waals surface area (Å²) in [5.41, 5.74) is 2.12. The van der Waals surface area contributed by atoms with E-state index >= 15 is 0 Å². The Morgan fingerprint density at radius 3 is 2.37 bits per heavy atom. The van der Waals surface area contributed by atoms with Crippen LogP contribution < -0.4 is 4.90 Å². The van der Waals surface area contributed by atoms with Crippen LogP contribution in [0, 0.1) is 0 Å². The van der Waals surface area contributed by atoms with Crippen molar-refractivity contribution in [2.24, 2.45) is 0 Å². The fourth-order valence-electron chi connectivity index (χ4n) is 2.45. The Balaban J connectivity index is 1.93. The number of anilines is 1. The topological polar surface area (TPSA) is 23.6 Å². The average Bonchev–Trinajstić information content (AvgIpc) is 2.48. The summed E-state index contributed by atoms with van der Waals surface area (Å²) in [5.74, 6) is 0.189. The minimum Gasteiger partial charge on any atom is -0.368 e. The molecule has 1 fully saturated rings. The van der Waals surface area contributed by atoms with Crippen molar-refractivity contribution in [2.75, 3.05) is 31.1 Å². The molecule has 2 rings (SSSR count). The standard InChI is InChI=1S/C16H22N2O/c1-3-7-14(2)16(19)18-12-10-17(11-13-18)15-8-5-4-6-9-15/h4-9H,3,10-13H2,1-2H3. The first-order valence-electron chi connectivity index (χ1n) is 6.98. The molecule has 1 saturated heterocycles. The maximum atomic E-state index is 12.2. The molecule has 0 aliphatic carbocycles. The SMILES string of the molecule is CCC=C(C)C(=O)N1CCN(c2ccccc2)CC1.